The number of hydrogen-bond acceptors (Lipinski definition) is 8. The number of rotatable bonds is 7. The fourth-order valence-corrected chi connectivity index (χ4v) is 5.47. The molecule has 0 radical (unpaired) electrons. The van der Waals surface area contributed by atoms with Crippen LogP contribution in [0.2, 0.25) is 0 Å². The Labute approximate surface area is 196 Å². The van der Waals surface area contributed by atoms with Gasteiger partial charge in [-0.15, -0.1) is 11.3 Å². The topological polar surface area (TPSA) is 103 Å². The summed E-state index contributed by atoms with van der Waals surface area (Å²) in [5.41, 5.74) is 3.69. The van der Waals surface area contributed by atoms with E-state index in [9.17, 15) is 10.2 Å². The second-order valence-electron chi connectivity index (χ2n) is 8.57. The minimum atomic E-state index is 0.225. The summed E-state index contributed by atoms with van der Waals surface area (Å²) in [6, 6.07) is 15.5. The van der Waals surface area contributed by atoms with Gasteiger partial charge in [0.05, 0.1) is 21.5 Å². The summed E-state index contributed by atoms with van der Waals surface area (Å²) in [4.78, 5) is 14.4. The minimum absolute atomic E-state index is 0.225. The molecular formula is C25H27N5O2S. The molecule has 1 aliphatic carbocycles. The average Bonchev–Trinajstić information content (AvgIpc) is 3.44. The third-order valence-electron chi connectivity index (χ3n) is 6.10. The Kier molecular flexibility index (Phi) is 6.11. The maximum absolute atomic E-state index is 9.73. The number of thiazole rings is 1. The number of nitrogens with one attached hydrogen (secondary N) is 2. The van der Waals surface area contributed by atoms with Gasteiger partial charge < -0.3 is 20.8 Å². The summed E-state index contributed by atoms with van der Waals surface area (Å²) in [6.07, 6.45) is 2.93. The molecule has 0 saturated heterocycles. The number of fused-ring (bicyclic) bond motifs is 1. The van der Waals surface area contributed by atoms with Crippen molar-refractivity contribution in [2.45, 2.75) is 38.8 Å². The third kappa shape index (κ3) is 4.77. The van der Waals surface area contributed by atoms with Crippen molar-refractivity contribution in [3.63, 3.8) is 0 Å². The van der Waals surface area contributed by atoms with E-state index in [4.69, 9.17) is 15.0 Å². The molecular weight excluding hydrogens is 434 g/mol. The summed E-state index contributed by atoms with van der Waals surface area (Å²) in [5.74, 6) is 1.86. The minimum Gasteiger partial charge on any atom is -0.508 e. The smallest absolute Gasteiger partial charge is 0.225 e. The van der Waals surface area contributed by atoms with E-state index in [0.717, 1.165) is 57.1 Å². The highest BCUT2D eigenvalue weighted by Gasteiger charge is 2.26. The van der Waals surface area contributed by atoms with E-state index in [0.29, 0.717) is 18.4 Å². The van der Waals surface area contributed by atoms with Crippen LogP contribution >= 0.6 is 11.3 Å². The number of aryl methyl sites for hydroxylation is 1. The molecule has 1 fully saturated rings. The molecule has 4 N–H and O–H groups in total. The molecule has 2 atom stereocenters. The molecule has 33 heavy (non-hydrogen) atoms. The highest BCUT2D eigenvalue weighted by Crippen LogP contribution is 2.37. The standard InChI is InChI=1S/C25H27N5O2S/c1-15-22(24-29-20-7-2-3-8-21(20)33-24)23(28-18-10-9-17(11-18)14-31)30-25(27-15)26-13-16-5-4-6-19(32)12-16/h2-8,12,17-18,31-32H,9-11,13-14H2,1H3,(H2,26,27,28,30). The van der Waals surface area contributed by atoms with Crippen molar-refractivity contribution in [2.24, 2.45) is 5.92 Å². The molecule has 2 aromatic carbocycles. The zero-order chi connectivity index (χ0) is 22.8. The molecule has 2 aromatic heterocycles. The van der Waals surface area contributed by atoms with Crippen molar-refractivity contribution in [2.75, 3.05) is 17.2 Å². The molecule has 170 valence electrons. The Morgan fingerprint density at radius 2 is 1.94 bits per heavy atom. The lowest BCUT2D eigenvalue weighted by Gasteiger charge is -2.18. The van der Waals surface area contributed by atoms with E-state index < -0.39 is 0 Å². The Morgan fingerprint density at radius 3 is 2.73 bits per heavy atom. The van der Waals surface area contributed by atoms with Crippen LogP contribution in [0.15, 0.2) is 48.5 Å². The summed E-state index contributed by atoms with van der Waals surface area (Å²) >= 11 is 1.64. The van der Waals surface area contributed by atoms with Gasteiger partial charge in [-0.1, -0.05) is 24.3 Å². The van der Waals surface area contributed by atoms with Crippen molar-refractivity contribution in [1.82, 2.24) is 15.0 Å². The molecule has 0 bridgehead atoms. The molecule has 4 aromatic rings. The van der Waals surface area contributed by atoms with Crippen LogP contribution in [0.5, 0.6) is 5.75 Å². The lowest BCUT2D eigenvalue weighted by atomic mass is 10.1. The Balaban J connectivity index is 1.48. The lowest BCUT2D eigenvalue weighted by molar-refractivity contribution is 0.229. The van der Waals surface area contributed by atoms with E-state index >= 15 is 0 Å². The van der Waals surface area contributed by atoms with Crippen molar-refractivity contribution < 1.29 is 10.2 Å². The number of aliphatic hydroxyl groups is 1. The molecule has 1 aliphatic rings. The Hall–Kier alpha value is -3.23. The fraction of sp³-hybridized carbons (Fsp3) is 0.320. The number of aliphatic hydroxyl groups excluding tert-OH is 1. The van der Waals surface area contributed by atoms with Gasteiger partial charge in [-0.05, 0) is 61.9 Å². The largest absolute Gasteiger partial charge is 0.508 e. The number of hydrogen-bond donors (Lipinski definition) is 4. The number of para-hydroxylation sites is 1. The maximum atomic E-state index is 9.73. The van der Waals surface area contributed by atoms with Crippen molar-refractivity contribution >= 4 is 33.3 Å². The highest BCUT2D eigenvalue weighted by molar-refractivity contribution is 7.21. The third-order valence-corrected chi connectivity index (χ3v) is 7.15. The summed E-state index contributed by atoms with van der Waals surface area (Å²) < 4.78 is 1.13. The van der Waals surface area contributed by atoms with Crippen LogP contribution in [-0.4, -0.2) is 37.8 Å². The van der Waals surface area contributed by atoms with E-state index in [1.807, 2.05) is 37.3 Å². The van der Waals surface area contributed by atoms with Gasteiger partial charge in [-0.25, -0.2) is 9.97 Å². The van der Waals surface area contributed by atoms with Gasteiger partial charge in [0.15, 0.2) is 0 Å². The van der Waals surface area contributed by atoms with Gasteiger partial charge in [0.2, 0.25) is 5.95 Å². The van der Waals surface area contributed by atoms with Gasteiger partial charge in [-0.3, -0.25) is 0 Å². The molecule has 8 heteroatoms. The molecule has 1 saturated carbocycles. The molecule has 0 amide bonds. The Morgan fingerprint density at radius 1 is 1.06 bits per heavy atom. The number of nitrogens with zero attached hydrogens (tertiary/aromatic N) is 3. The molecule has 5 rings (SSSR count). The van der Waals surface area contributed by atoms with E-state index in [2.05, 4.69) is 16.7 Å². The number of aromatic nitrogens is 3. The first-order valence-electron chi connectivity index (χ1n) is 11.2. The zero-order valence-electron chi connectivity index (χ0n) is 18.5. The van der Waals surface area contributed by atoms with Crippen molar-refractivity contribution in [3.8, 4) is 16.3 Å². The Bertz CT molecular complexity index is 1240. The van der Waals surface area contributed by atoms with Crippen LogP contribution in [-0.2, 0) is 6.54 Å². The summed E-state index contributed by atoms with van der Waals surface area (Å²) in [7, 11) is 0. The quantitative estimate of drug-likeness (QED) is 0.309. The predicted octanol–water partition coefficient (Wildman–Crippen LogP) is 4.95. The number of phenols is 1. The summed E-state index contributed by atoms with van der Waals surface area (Å²) in [5, 5.41) is 27.1. The number of phenolic OH excluding ortho intramolecular Hbond substituents is 1. The molecule has 0 spiro atoms. The first-order valence-corrected chi connectivity index (χ1v) is 12.0. The molecule has 2 heterocycles. The van der Waals surface area contributed by atoms with Crippen molar-refractivity contribution in [1.29, 1.82) is 0 Å². The van der Waals surface area contributed by atoms with Crippen LogP contribution in [0.25, 0.3) is 20.8 Å². The monoisotopic (exact) mass is 461 g/mol. The second-order valence-corrected chi connectivity index (χ2v) is 9.60. The molecule has 0 aliphatic heterocycles. The van der Waals surface area contributed by atoms with Gasteiger partial charge in [0, 0.05) is 19.2 Å². The normalized spacial score (nSPS) is 18.0. The van der Waals surface area contributed by atoms with Gasteiger partial charge in [0.25, 0.3) is 0 Å². The zero-order valence-corrected chi connectivity index (χ0v) is 19.3. The van der Waals surface area contributed by atoms with E-state index in [-0.39, 0.29) is 18.4 Å². The van der Waals surface area contributed by atoms with Crippen LogP contribution in [0.1, 0.15) is 30.5 Å². The maximum Gasteiger partial charge on any atom is 0.225 e. The SMILES string of the molecule is Cc1nc(NCc2cccc(O)c2)nc(NC2CCC(CO)C2)c1-c1nc2ccccc2s1. The van der Waals surface area contributed by atoms with Crippen LogP contribution < -0.4 is 10.6 Å². The first-order chi connectivity index (χ1) is 16.1. The fourth-order valence-electron chi connectivity index (χ4n) is 4.40. The van der Waals surface area contributed by atoms with E-state index in [1.165, 1.54) is 0 Å². The average molecular weight is 462 g/mol. The van der Waals surface area contributed by atoms with Gasteiger partial charge in [-0.2, -0.15) is 4.98 Å². The summed E-state index contributed by atoms with van der Waals surface area (Å²) in [6.45, 7) is 2.71. The van der Waals surface area contributed by atoms with Crippen LogP contribution in [0.3, 0.4) is 0 Å². The number of aromatic hydroxyl groups is 1. The van der Waals surface area contributed by atoms with Gasteiger partial charge >= 0.3 is 0 Å². The highest BCUT2D eigenvalue weighted by atomic mass is 32.1. The van der Waals surface area contributed by atoms with Crippen LogP contribution in [0.4, 0.5) is 11.8 Å². The molecule has 7 nitrogen and oxygen atoms in total. The predicted molar refractivity (Wildman–Crippen MR) is 133 cm³/mol. The number of anilines is 2. The number of benzene rings is 2. The lowest BCUT2D eigenvalue weighted by Crippen LogP contribution is -2.19. The van der Waals surface area contributed by atoms with Gasteiger partial charge in [0.1, 0.15) is 16.6 Å². The van der Waals surface area contributed by atoms with Crippen molar-refractivity contribution in [3.05, 3.63) is 59.8 Å². The van der Waals surface area contributed by atoms with E-state index in [1.54, 1.807) is 23.5 Å². The second kappa shape index (κ2) is 9.33. The first kappa shape index (κ1) is 21.6. The van der Waals surface area contributed by atoms with Crippen LogP contribution in [0, 0.1) is 12.8 Å². The molecule has 2 unspecified atom stereocenters.